The zero-order valence-corrected chi connectivity index (χ0v) is 11.3. The van der Waals surface area contributed by atoms with Gasteiger partial charge in [-0.25, -0.2) is 8.78 Å². The minimum absolute atomic E-state index is 0.272. The lowest BCUT2D eigenvalue weighted by molar-refractivity contribution is -0.131. The second-order valence-corrected chi connectivity index (χ2v) is 5.03. The Morgan fingerprint density at radius 3 is 2.68 bits per heavy atom. The molecule has 0 aromatic heterocycles. The van der Waals surface area contributed by atoms with Crippen LogP contribution in [-0.2, 0) is 4.79 Å². The highest BCUT2D eigenvalue weighted by Crippen LogP contribution is 2.28. The van der Waals surface area contributed by atoms with Crippen molar-refractivity contribution in [3.8, 4) is 0 Å². The summed E-state index contributed by atoms with van der Waals surface area (Å²) >= 11 is 0. The van der Waals surface area contributed by atoms with Gasteiger partial charge in [-0.2, -0.15) is 0 Å². The lowest BCUT2D eigenvalue weighted by Gasteiger charge is -2.25. The fourth-order valence-corrected chi connectivity index (χ4v) is 2.43. The van der Waals surface area contributed by atoms with E-state index in [0.717, 1.165) is 16.7 Å². The molecule has 0 saturated carbocycles. The van der Waals surface area contributed by atoms with E-state index in [4.69, 9.17) is 0 Å². The van der Waals surface area contributed by atoms with E-state index in [9.17, 15) is 13.6 Å². The van der Waals surface area contributed by atoms with Gasteiger partial charge in [0.2, 0.25) is 5.91 Å². The van der Waals surface area contributed by atoms with Crippen LogP contribution in [0.15, 0.2) is 18.2 Å². The number of hydrogen-bond acceptors (Lipinski definition) is 2. The number of nitrogens with zero attached hydrogens (tertiary/aromatic N) is 1. The first-order valence-corrected chi connectivity index (χ1v) is 6.32. The Hall–Kier alpha value is -1.49. The first-order valence-electron chi connectivity index (χ1n) is 6.32. The van der Waals surface area contributed by atoms with Gasteiger partial charge in [0, 0.05) is 0 Å². The number of benzene rings is 1. The van der Waals surface area contributed by atoms with Crippen LogP contribution in [0.4, 0.5) is 8.78 Å². The highest BCUT2D eigenvalue weighted by molar-refractivity contribution is 5.84. The second-order valence-electron chi connectivity index (χ2n) is 5.03. The average Bonchev–Trinajstić information content (AvgIpc) is 2.60. The third kappa shape index (κ3) is 2.76. The molecular formula is C14H18F2N2O. The molecule has 0 aliphatic carbocycles. The van der Waals surface area contributed by atoms with Crippen molar-refractivity contribution in [1.29, 1.82) is 0 Å². The molecule has 2 rings (SSSR count). The quantitative estimate of drug-likeness (QED) is 0.913. The van der Waals surface area contributed by atoms with Crippen molar-refractivity contribution in [1.82, 2.24) is 10.2 Å². The van der Waals surface area contributed by atoms with Crippen LogP contribution in [0.1, 0.15) is 29.8 Å². The fourth-order valence-electron chi connectivity index (χ4n) is 2.43. The lowest BCUT2D eigenvalue weighted by Crippen LogP contribution is -2.35. The Morgan fingerprint density at radius 2 is 2.05 bits per heavy atom. The van der Waals surface area contributed by atoms with Crippen molar-refractivity contribution in [2.24, 2.45) is 0 Å². The molecule has 1 aliphatic rings. The molecule has 0 radical (unpaired) electrons. The molecule has 1 aromatic rings. The molecule has 0 bridgehead atoms. The first-order chi connectivity index (χ1) is 8.90. The van der Waals surface area contributed by atoms with Crippen LogP contribution in [0.3, 0.4) is 0 Å². The van der Waals surface area contributed by atoms with Crippen LogP contribution in [0.5, 0.6) is 0 Å². The van der Waals surface area contributed by atoms with Gasteiger partial charge in [-0.3, -0.25) is 10.1 Å². The van der Waals surface area contributed by atoms with E-state index in [1.807, 2.05) is 32.0 Å². The molecule has 1 saturated heterocycles. The molecule has 3 nitrogen and oxygen atoms in total. The molecule has 104 valence electrons. The van der Waals surface area contributed by atoms with Crippen LogP contribution in [0.25, 0.3) is 0 Å². The maximum Gasteiger partial charge on any atom is 0.255 e. The Labute approximate surface area is 111 Å². The normalized spacial score (nSPS) is 23.5. The smallest absolute Gasteiger partial charge is 0.255 e. The number of alkyl halides is 2. The summed E-state index contributed by atoms with van der Waals surface area (Å²) in [4.78, 5) is 13.2. The number of rotatable bonds is 3. The van der Waals surface area contributed by atoms with Crippen molar-refractivity contribution >= 4 is 5.91 Å². The van der Waals surface area contributed by atoms with Gasteiger partial charge in [0.25, 0.3) is 6.43 Å². The Balaban J connectivity index is 2.36. The minimum atomic E-state index is -2.52. The monoisotopic (exact) mass is 268 g/mol. The van der Waals surface area contributed by atoms with Gasteiger partial charge in [0.1, 0.15) is 6.17 Å². The second kappa shape index (κ2) is 5.25. The van der Waals surface area contributed by atoms with Crippen molar-refractivity contribution in [3.63, 3.8) is 0 Å². The minimum Gasteiger partial charge on any atom is -0.316 e. The molecule has 0 spiro atoms. The summed E-state index contributed by atoms with van der Waals surface area (Å²) in [6.45, 7) is 5.03. The summed E-state index contributed by atoms with van der Waals surface area (Å²) in [5, 5.41) is 3.09. The maximum atomic E-state index is 12.6. The standard InChI is InChI=1S/C14H18F2N2O/c1-8-4-5-9(2)11(6-8)13-17-10(3)14(19)18(13)7-12(15)16/h4-6,10,12-13,17H,7H2,1-3H3. The number of carbonyl (C=O) groups is 1. The largest absolute Gasteiger partial charge is 0.316 e. The zero-order chi connectivity index (χ0) is 14.2. The molecule has 1 aromatic carbocycles. The van der Waals surface area contributed by atoms with Gasteiger partial charge in [-0.05, 0) is 31.9 Å². The van der Waals surface area contributed by atoms with Gasteiger partial charge < -0.3 is 4.90 Å². The molecule has 2 atom stereocenters. The number of aryl methyl sites for hydroxylation is 2. The highest BCUT2D eigenvalue weighted by atomic mass is 19.3. The SMILES string of the molecule is Cc1ccc(C)c(C2NC(C)C(=O)N2CC(F)F)c1. The van der Waals surface area contributed by atoms with E-state index in [0.29, 0.717) is 0 Å². The van der Waals surface area contributed by atoms with Crippen molar-refractivity contribution in [2.75, 3.05) is 6.54 Å². The summed E-state index contributed by atoms with van der Waals surface area (Å²) in [7, 11) is 0. The summed E-state index contributed by atoms with van der Waals surface area (Å²) in [6.07, 6.45) is -2.99. The average molecular weight is 268 g/mol. The Kier molecular flexibility index (Phi) is 3.85. The number of nitrogens with one attached hydrogen (secondary N) is 1. The molecule has 1 heterocycles. The molecule has 19 heavy (non-hydrogen) atoms. The highest BCUT2D eigenvalue weighted by Gasteiger charge is 2.38. The predicted octanol–water partition coefficient (Wildman–Crippen LogP) is 2.39. The number of halogens is 2. The van der Waals surface area contributed by atoms with E-state index in [2.05, 4.69) is 5.32 Å². The topological polar surface area (TPSA) is 32.3 Å². The number of carbonyl (C=O) groups excluding carboxylic acids is 1. The van der Waals surface area contributed by atoms with Gasteiger partial charge in [0.05, 0.1) is 12.6 Å². The van der Waals surface area contributed by atoms with E-state index in [1.54, 1.807) is 6.92 Å². The number of amides is 1. The zero-order valence-electron chi connectivity index (χ0n) is 11.3. The molecule has 1 N–H and O–H groups in total. The maximum absolute atomic E-state index is 12.6. The summed E-state index contributed by atoms with van der Waals surface area (Å²) in [5.41, 5.74) is 2.93. The summed E-state index contributed by atoms with van der Waals surface area (Å²) in [5.74, 6) is -0.272. The van der Waals surface area contributed by atoms with Gasteiger partial charge in [-0.1, -0.05) is 23.8 Å². The van der Waals surface area contributed by atoms with E-state index >= 15 is 0 Å². The van der Waals surface area contributed by atoms with Crippen molar-refractivity contribution < 1.29 is 13.6 Å². The Bertz CT molecular complexity index is 490. The van der Waals surface area contributed by atoms with Gasteiger partial charge in [0.15, 0.2) is 0 Å². The third-order valence-corrected chi connectivity index (χ3v) is 3.44. The van der Waals surface area contributed by atoms with E-state index in [-0.39, 0.29) is 5.91 Å². The van der Waals surface area contributed by atoms with Crippen LogP contribution in [0, 0.1) is 13.8 Å². The van der Waals surface area contributed by atoms with Crippen LogP contribution < -0.4 is 5.32 Å². The first kappa shape index (κ1) is 13.9. The molecular weight excluding hydrogens is 250 g/mol. The fraction of sp³-hybridized carbons (Fsp3) is 0.500. The number of hydrogen-bond donors (Lipinski definition) is 1. The molecule has 1 aliphatic heterocycles. The van der Waals surface area contributed by atoms with E-state index in [1.165, 1.54) is 4.90 Å². The molecule has 5 heteroatoms. The van der Waals surface area contributed by atoms with Gasteiger partial charge >= 0.3 is 0 Å². The third-order valence-electron chi connectivity index (χ3n) is 3.44. The lowest BCUT2D eigenvalue weighted by atomic mass is 10.0. The Morgan fingerprint density at radius 1 is 1.37 bits per heavy atom. The summed E-state index contributed by atoms with van der Waals surface area (Å²) in [6, 6.07) is 5.43. The van der Waals surface area contributed by atoms with Crippen molar-refractivity contribution in [2.45, 2.75) is 39.4 Å². The van der Waals surface area contributed by atoms with Gasteiger partial charge in [-0.15, -0.1) is 0 Å². The van der Waals surface area contributed by atoms with E-state index < -0.39 is 25.2 Å². The molecule has 1 fully saturated rings. The van der Waals surface area contributed by atoms with Crippen molar-refractivity contribution in [3.05, 3.63) is 34.9 Å². The predicted molar refractivity (Wildman–Crippen MR) is 69.0 cm³/mol. The molecule has 2 unspecified atom stereocenters. The van der Waals surface area contributed by atoms with Crippen LogP contribution in [-0.4, -0.2) is 29.8 Å². The molecule has 1 amide bonds. The van der Waals surface area contributed by atoms with Crippen LogP contribution >= 0.6 is 0 Å². The summed E-state index contributed by atoms with van der Waals surface area (Å²) < 4.78 is 25.3. The van der Waals surface area contributed by atoms with Crippen LogP contribution in [0.2, 0.25) is 0 Å².